The van der Waals surface area contributed by atoms with E-state index in [1.165, 1.54) is 18.3 Å². The Kier molecular flexibility index (Phi) is 2.77. The molecule has 0 aliphatic carbocycles. The topological polar surface area (TPSA) is 86.6 Å². The van der Waals surface area contributed by atoms with Crippen molar-refractivity contribution < 1.29 is 8.42 Å². The number of benzene rings is 1. The van der Waals surface area contributed by atoms with Crippen LogP contribution in [0.5, 0.6) is 0 Å². The highest BCUT2D eigenvalue weighted by molar-refractivity contribution is 7.91. The van der Waals surface area contributed by atoms with Crippen LogP contribution >= 0.6 is 0 Å². The molecule has 0 saturated heterocycles. The van der Waals surface area contributed by atoms with E-state index in [4.69, 9.17) is 0 Å². The van der Waals surface area contributed by atoms with Gasteiger partial charge in [-0.25, -0.2) is 13.4 Å². The molecule has 0 amide bonds. The zero-order valence-corrected chi connectivity index (χ0v) is 11.1. The molecule has 6 heteroatoms. The molecule has 2 heterocycles. The van der Waals surface area contributed by atoms with Crippen molar-refractivity contribution in [1.29, 1.82) is 5.26 Å². The second-order valence-electron chi connectivity index (χ2n) is 4.17. The van der Waals surface area contributed by atoms with E-state index < -0.39 is 9.84 Å². The Bertz CT molecular complexity index is 922. The van der Waals surface area contributed by atoms with Gasteiger partial charge >= 0.3 is 0 Å². The fourth-order valence-corrected chi connectivity index (χ4v) is 3.42. The van der Waals surface area contributed by atoms with Gasteiger partial charge in [0.1, 0.15) is 16.6 Å². The molecular formula is C14H9N3O2S. The summed E-state index contributed by atoms with van der Waals surface area (Å²) in [5.41, 5.74) is 0.605. The number of pyridine rings is 1. The largest absolute Gasteiger partial charge is 0.346 e. The van der Waals surface area contributed by atoms with Gasteiger partial charge in [0.15, 0.2) is 0 Å². The van der Waals surface area contributed by atoms with Gasteiger partial charge in [0.05, 0.1) is 10.5 Å². The van der Waals surface area contributed by atoms with Crippen LogP contribution in [0.2, 0.25) is 0 Å². The van der Waals surface area contributed by atoms with E-state index in [0.717, 1.165) is 0 Å². The molecule has 3 rings (SSSR count). The van der Waals surface area contributed by atoms with Gasteiger partial charge in [-0.1, -0.05) is 18.2 Å². The molecule has 5 nitrogen and oxygen atoms in total. The van der Waals surface area contributed by atoms with Crippen LogP contribution < -0.4 is 0 Å². The van der Waals surface area contributed by atoms with Crippen molar-refractivity contribution in [1.82, 2.24) is 9.97 Å². The van der Waals surface area contributed by atoms with Crippen LogP contribution in [0.3, 0.4) is 0 Å². The van der Waals surface area contributed by atoms with Crippen molar-refractivity contribution in [2.24, 2.45) is 0 Å². The highest BCUT2D eigenvalue weighted by atomic mass is 32.2. The predicted octanol–water partition coefficient (Wildman–Crippen LogP) is 2.27. The van der Waals surface area contributed by atoms with Gasteiger partial charge < -0.3 is 4.98 Å². The summed E-state index contributed by atoms with van der Waals surface area (Å²) in [5.74, 6) is 0. The summed E-state index contributed by atoms with van der Waals surface area (Å²) in [6, 6.07) is 11.6. The Morgan fingerprint density at radius 1 is 1.15 bits per heavy atom. The molecule has 1 N–H and O–H groups in total. The lowest BCUT2D eigenvalue weighted by atomic mass is 10.2. The molecule has 0 radical (unpaired) electrons. The first-order valence-corrected chi connectivity index (χ1v) is 7.29. The summed E-state index contributed by atoms with van der Waals surface area (Å²) in [6.07, 6.45) is 2.84. The number of fused-ring (bicyclic) bond motifs is 1. The Morgan fingerprint density at radius 3 is 2.60 bits per heavy atom. The number of aromatic nitrogens is 2. The van der Waals surface area contributed by atoms with Gasteiger partial charge in [0, 0.05) is 17.8 Å². The number of sulfone groups is 1. The fraction of sp³-hybridized carbons (Fsp3) is 0. The van der Waals surface area contributed by atoms with E-state index in [9.17, 15) is 13.7 Å². The zero-order valence-electron chi connectivity index (χ0n) is 10.2. The minimum Gasteiger partial charge on any atom is -0.346 e. The lowest BCUT2D eigenvalue weighted by molar-refractivity contribution is 0.595. The van der Waals surface area contributed by atoms with Crippen molar-refractivity contribution in [2.75, 3.05) is 0 Å². The molecule has 98 valence electrons. The number of aromatic amines is 1. The lowest BCUT2D eigenvalue weighted by Crippen LogP contribution is -2.05. The number of nitrogens with zero attached hydrogens (tertiary/aromatic N) is 2. The number of nitriles is 1. The van der Waals surface area contributed by atoms with E-state index in [2.05, 4.69) is 9.97 Å². The number of hydrogen-bond acceptors (Lipinski definition) is 4. The summed E-state index contributed by atoms with van der Waals surface area (Å²) in [4.78, 5) is 6.99. The van der Waals surface area contributed by atoms with Gasteiger partial charge in [0.2, 0.25) is 9.84 Å². The van der Waals surface area contributed by atoms with E-state index in [-0.39, 0.29) is 15.4 Å². The Labute approximate surface area is 115 Å². The van der Waals surface area contributed by atoms with Crippen molar-refractivity contribution in [3.8, 4) is 6.07 Å². The fourth-order valence-electron chi connectivity index (χ4n) is 2.04. The molecule has 20 heavy (non-hydrogen) atoms. The molecule has 0 unspecified atom stereocenters. The highest BCUT2D eigenvalue weighted by Gasteiger charge is 2.23. The molecule has 0 spiro atoms. The zero-order chi connectivity index (χ0) is 14.2. The van der Waals surface area contributed by atoms with Crippen LogP contribution in [-0.2, 0) is 9.84 Å². The van der Waals surface area contributed by atoms with Gasteiger partial charge in [-0.3, -0.25) is 0 Å². The second kappa shape index (κ2) is 4.47. The second-order valence-corrected chi connectivity index (χ2v) is 6.08. The molecule has 0 fully saturated rings. The Hall–Kier alpha value is -2.65. The van der Waals surface area contributed by atoms with Crippen LogP contribution in [0, 0.1) is 11.3 Å². The summed E-state index contributed by atoms with van der Waals surface area (Å²) < 4.78 is 25.2. The number of H-pyrrole nitrogens is 1. The van der Waals surface area contributed by atoms with Gasteiger partial charge in [0.25, 0.3) is 0 Å². The van der Waals surface area contributed by atoms with Gasteiger partial charge in [-0.05, 0) is 18.2 Å². The summed E-state index contributed by atoms with van der Waals surface area (Å²) in [6.45, 7) is 0. The first-order chi connectivity index (χ1) is 9.64. The monoisotopic (exact) mass is 283 g/mol. The molecule has 0 atom stereocenters. The van der Waals surface area contributed by atoms with Gasteiger partial charge in [-0.2, -0.15) is 5.26 Å². The van der Waals surface area contributed by atoms with Crippen molar-refractivity contribution in [3.63, 3.8) is 0 Å². The van der Waals surface area contributed by atoms with Crippen LogP contribution in [0.4, 0.5) is 0 Å². The third-order valence-electron chi connectivity index (χ3n) is 3.01. The van der Waals surface area contributed by atoms with E-state index in [0.29, 0.717) is 11.0 Å². The molecule has 0 aliphatic rings. The first-order valence-electron chi connectivity index (χ1n) is 5.81. The van der Waals surface area contributed by atoms with Crippen molar-refractivity contribution in [3.05, 3.63) is 54.4 Å². The predicted molar refractivity (Wildman–Crippen MR) is 72.7 cm³/mol. The lowest BCUT2D eigenvalue weighted by Gasteiger charge is -2.06. The maximum atomic E-state index is 12.6. The molecular weight excluding hydrogens is 274 g/mol. The maximum absolute atomic E-state index is 12.6. The van der Waals surface area contributed by atoms with Crippen LogP contribution in [0.25, 0.3) is 11.0 Å². The molecule has 0 saturated carbocycles. The summed E-state index contributed by atoms with van der Waals surface area (Å²) in [7, 11) is -3.75. The van der Waals surface area contributed by atoms with E-state index >= 15 is 0 Å². The normalized spacial score (nSPS) is 11.3. The minimum atomic E-state index is -3.75. The van der Waals surface area contributed by atoms with Crippen LogP contribution in [0.15, 0.2) is 58.6 Å². The minimum absolute atomic E-state index is 0.0710. The SMILES string of the molecule is N#Cc1c(S(=O)(=O)c2ccccc2)cnc2[nH]ccc12. The molecule has 0 aliphatic heterocycles. The van der Waals surface area contributed by atoms with Crippen LogP contribution in [-0.4, -0.2) is 18.4 Å². The average Bonchev–Trinajstić information content (AvgIpc) is 2.95. The Balaban J connectivity index is 2.33. The smallest absolute Gasteiger partial charge is 0.209 e. The van der Waals surface area contributed by atoms with Gasteiger partial charge in [-0.15, -0.1) is 0 Å². The van der Waals surface area contributed by atoms with Crippen molar-refractivity contribution >= 4 is 20.9 Å². The standard InChI is InChI=1S/C14H9N3O2S/c15-8-12-11-6-7-16-14(11)17-9-13(12)20(18,19)10-4-2-1-3-5-10/h1-7,9H,(H,16,17). The quantitative estimate of drug-likeness (QED) is 0.781. The van der Waals surface area contributed by atoms with Crippen LogP contribution in [0.1, 0.15) is 5.56 Å². The Morgan fingerprint density at radius 2 is 1.90 bits per heavy atom. The van der Waals surface area contributed by atoms with E-state index in [1.807, 2.05) is 6.07 Å². The average molecular weight is 283 g/mol. The number of hydrogen-bond donors (Lipinski definition) is 1. The summed E-state index contributed by atoms with van der Waals surface area (Å²) in [5, 5.41) is 9.79. The molecule has 3 aromatic rings. The third kappa shape index (κ3) is 1.76. The third-order valence-corrected chi connectivity index (χ3v) is 4.79. The molecule has 0 bridgehead atoms. The summed E-state index contributed by atoms with van der Waals surface area (Å²) >= 11 is 0. The highest BCUT2D eigenvalue weighted by Crippen LogP contribution is 2.27. The number of nitrogens with one attached hydrogen (secondary N) is 1. The van der Waals surface area contributed by atoms with Crippen molar-refractivity contribution in [2.45, 2.75) is 9.79 Å². The maximum Gasteiger partial charge on any atom is 0.209 e. The molecule has 1 aromatic carbocycles. The molecule has 2 aromatic heterocycles. The van der Waals surface area contributed by atoms with E-state index in [1.54, 1.807) is 30.5 Å². The first kappa shape index (κ1) is 12.4. The number of rotatable bonds is 2.